The van der Waals surface area contributed by atoms with E-state index < -0.39 is 0 Å². The summed E-state index contributed by atoms with van der Waals surface area (Å²) in [6.07, 6.45) is 11.8. The van der Waals surface area contributed by atoms with Crippen LogP contribution in [0.2, 0.25) is 0 Å². The fourth-order valence-corrected chi connectivity index (χ4v) is 4.15. The van der Waals surface area contributed by atoms with Crippen LogP contribution in [0.5, 0.6) is 0 Å². The quantitative estimate of drug-likeness (QED) is 0.837. The van der Waals surface area contributed by atoms with Crippen LogP contribution in [-0.2, 0) is 0 Å². The first-order valence-electron chi connectivity index (χ1n) is 8.28. The van der Waals surface area contributed by atoms with Gasteiger partial charge in [-0.3, -0.25) is 0 Å². The first-order chi connectivity index (χ1) is 8.96. The summed E-state index contributed by atoms with van der Waals surface area (Å²) in [4.78, 5) is 2.57. The number of aliphatic hydroxyl groups excluding tert-OH is 1. The SMILES string of the molecule is CN(CC1(CO)CCCCC1)C1CCC(C)(C)CC1. The lowest BCUT2D eigenvalue weighted by atomic mass is 9.72. The third kappa shape index (κ3) is 3.95. The van der Waals surface area contributed by atoms with Gasteiger partial charge in [0.1, 0.15) is 0 Å². The molecule has 0 unspecified atom stereocenters. The van der Waals surface area contributed by atoms with Crippen molar-refractivity contribution in [3.05, 3.63) is 0 Å². The second kappa shape index (κ2) is 6.13. The van der Waals surface area contributed by atoms with E-state index in [9.17, 15) is 5.11 Å². The Labute approximate surface area is 119 Å². The minimum Gasteiger partial charge on any atom is -0.396 e. The Hall–Kier alpha value is -0.0800. The normalized spacial score (nSPS) is 27.6. The molecule has 2 aliphatic rings. The zero-order valence-corrected chi connectivity index (χ0v) is 13.2. The van der Waals surface area contributed by atoms with Gasteiger partial charge in [-0.15, -0.1) is 0 Å². The molecule has 112 valence electrons. The van der Waals surface area contributed by atoms with Gasteiger partial charge < -0.3 is 10.0 Å². The second-order valence-electron chi connectivity index (χ2n) is 8.03. The van der Waals surface area contributed by atoms with Gasteiger partial charge in [0.25, 0.3) is 0 Å². The number of hydrogen-bond acceptors (Lipinski definition) is 2. The molecule has 0 aromatic carbocycles. The van der Waals surface area contributed by atoms with Gasteiger partial charge in [0, 0.05) is 24.6 Å². The molecule has 2 heteroatoms. The maximum Gasteiger partial charge on any atom is 0.0499 e. The van der Waals surface area contributed by atoms with Crippen LogP contribution in [0, 0.1) is 10.8 Å². The molecule has 0 aromatic heterocycles. The van der Waals surface area contributed by atoms with E-state index in [-0.39, 0.29) is 5.41 Å². The summed E-state index contributed by atoms with van der Waals surface area (Å²) >= 11 is 0. The largest absolute Gasteiger partial charge is 0.396 e. The summed E-state index contributed by atoms with van der Waals surface area (Å²) < 4.78 is 0. The molecule has 2 nitrogen and oxygen atoms in total. The van der Waals surface area contributed by atoms with E-state index in [1.165, 1.54) is 57.8 Å². The van der Waals surface area contributed by atoms with E-state index in [0.29, 0.717) is 12.0 Å². The predicted octanol–water partition coefficient (Wildman–Crippen LogP) is 3.83. The first kappa shape index (κ1) is 15.3. The Kier molecular flexibility index (Phi) is 4.94. The summed E-state index contributed by atoms with van der Waals surface area (Å²) in [6.45, 7) is 6.29. The number of hydrogen-bond donors (Lipinski definition) is 1. The highest BCUT2D eigenvalue weighted by atomic mass is 16.3. The topological polar surface area (TPSA) is 23.5 Å². The van der Waals surface area contributed by atoms with Crippen molar-refractivity contribution in [1.82, 2.24) is 4.90 Å². The molecule has 0 amide bonds. The summed E-state index contributed by atoms with van der Waals surface area (Å²) in [5.74, 6) is 0. The van der Waals surface area contributed by atoms with Crippen molar-refractivity contribution in [2.24, 2.45) is 10.8 Å². The third-order valence-corrected chi connectivity index (χ3v) is 5.77. The standard InChI is InChI=1S/C17H33NO/c1-16(2)11-7-15(8-12-16)18(3)13-17(14-19)9-5-4-6-10-17/h15,19H,4-14H2,1-3H3. The van der Waals surface area contributed by atoms with E-state index in [0.717, 1.165) is 12.6 Å². The Morgan fingerprint density at radius 3 is 2.11 bits per heavy atom. The molecule has 0 aliphatic heterocycles. The van der Waals surface area contributed by atoms with Crippen LogP contribution < -0.4 is 0 Å². The molecule has 19 heavy (non-hydrogen) atoms. The average Bonchev–Trinajstić information content (AvgIpc) is 2.39. The van der Waals surface area contributed by atoms with Gasteiger partial charge in [-0.2, -0.15) is 0 Å². The molecular formula is C17H33NO. The van der Waals surface area contributed by atoms with Crippen molar-refractivity contribution in [3.63, 3.8) is 0 Å². The third-order valence-electron chi connectivity index (χ3n) is 5.77. The number of rotatable bonds is 4. The molecule has 0 spiro atoms. The molecule has 0 saturated heterocycles. The zero-order chi connectivity index (χ0) is 13.9. The average molecular weight is 267 g/mol. The van der Waals surface area contributed by atoms with Crippen LogP contribution in [0.15, 0.2) is 0 Å². The predicted molar refractivity (Wildman–Crippen MR) is 81.3 cm³/mol. The van der Waals surface area contributed by atoms with E-state index in [1.54, 1.807) is 0 Å². The van der Waals surface area contributed by atoms with Crippen LogP contribution in [0.1, 0.15) is 71.6 Å². The fraction of sp³-hybridized carbons (Fsp3) is 1.00. The van der Waals surface area contributed by atoms with E-state index in [1.807, 2.05) is 0 Å². The van der Waals surface area contributed by atoms with Crippen molar-refractivity contribution in [1.29, 1.82) is 0 Å². The van der Waals surface area contributed by atoms with Gasteiger partial charge in [0.05, 0.1) is 0 Å². The van der Waals surface area contributed by atoms with Crippen LogP contribution >= 0.6 is 0 Å². The Morgan fingerprint density at radius 1 is 1.00 bits per heavy atom. The highest BCUT2D eigenvalue weighted by Gasteiger charge is 2.35. The van der Waals surface area contributed by atoms with Crippen LogP contribution in [0.3, 0.4) is 0 Å². The van der Waals surface area contributed by atoms with Gasteiger partial charge >= 0.3 is 0 Å². The molecule has 2 saturated carbocycles. The maximum absolute atomic E-state index is 9.85. The summed E-state index contributed by atoms with van der Waals surface area (Å²) in [5, 5.41) is 9.85. The molecule has 0 radical (unpaired) electrons. The Morgan fingerprint density at radius 2 is 1.58 bits per heavy atom. The number of aliphatic hydroxyl groups is 1. The molecule has 2 aliphatic carbocycles. The van der Waals surface area contributed by atoms with Crippen LogP contribution in [0.25, 0.3) is 0 Å². The minimum absolute atomic E-state index is 0.208. The molecule has 0 heterocycles. The van der Waals surface area contributed by atoms with Gasteiger partial charge in [-0.25, -0.2) is 0 Å². The molecule has 1 N–H and O–H groups in total. The first-order valence-corrected chi connectivity index (χ1v) is 8.28. The Balaban J connectivity index is 1.87. The van der Waals surface area contributed by atoms with E-state index >= 15 is 0 Å². The van der Waals surface area contributed by atoms with Crippen LogP contribution in [0.4, 0.5) is 0 Å². The van der Waals surface area contributed by atoms with E-state index in [2.05, 4.69) is 25.8 Å². The highest BCUT2D eigenvalue weighted by Crippen LogP contribution is 2.40. The summed E-state index contributed by atoms with van der Waals surface area (Å²) in [6, 6.07) is 0.748. The molecular weight excluding hydrogens is 234 g/mol. The fourth-order valence-electron chi connectivity index (χ4n) is 4.15. The lowest BCUT2D eigenvalue weighted by Gasteiger charge is -2.44. The van der Waals surface area contributed by atoms with Crippen molar-refractivity contribution < 1.29 is 5.11 Å². The lowest BCUT2D eigenvalue weighted by molar-refractivity contribution is 0.0218. The van der Waals surface area contributed by atoms with Crippen molar-refractivity contribution in [2.45, 2.75) is 77.7 Å². The van der Waals surface area contributed by atoms with Gasteiger partial charge in [0.2, 0.25) is 0 Å². The van der Waals surface area contributed by atoms with Crippen molar-refractivity contribution >= 4 is 0 Å². The molecule has 2 rings (SSSR count). The van der Waals surface area contributed by atoms with Crippen molar-refractivity contribution in [2.75, 3.05) is 20.2 Å². The Bertz CT molecular complexity index is 271. The molecule has 0 bridgehead atoms. The monoisotopic (exact) mass is 267 g/mol. The van der Waals surface area contributed by atoms with Crippen LogP contribution in [-0.4, -0.2) is 36.2 Å². The highest BCUT2D eigenvalue weighted by molar-refractivity contribution is 4.89. The lowest BCUT2D eigenvalue weighted by Crippen LogP contribution is -2.45. The zero-order valence-electron chi connectivity index (χ0n) is 13.2. The molecule has 0 aromatic rings. The van der Waals surface area contributed by atoms with Crippen molar-refractivity contribution in [3.8, 4) is 0 Å². The van der Waals surface area contributed by atoms with Gasteiger partial charge in [-0.05, 0) is 51.0 Å². The minimum atomic E-state index is 0.208. The molecule has 2 fully saturated rings. The maximum atomic E-state index is 9.85. The molecule has 0 atom stereocenters. The second-order valence-corrected chi connectivity index (χ2v) is 8.03. The van der Waals surface area contributed by atoms with Gasteiger partial charge in [0.15, 0.2) is 0 Å². The summed E-state index contributed by atoms with van der Waals surface area (Å²) in [5.41, 5.74) is 0.761. The van der Waals surface area contributed by atoms with E-state index in [4.69, 9.17) is 0 Å². The van der Waals surface area contributed by atoms with Gasteiger partial charge in [-0.1, -0.05) is 33.1 Å². The number of nitrogens with zero attached hydrogens (tertiary/aromatic N) is 1. The summed E-state index contributed by atoms with van der Waals surface area (Å²) in [7, 11) is 2.29. The smallest absolute Gasteiger partial charge is 0.0499 e.